The van der Waals surface area contributed by atoms with Gasteiger partial charge in [0.1, 0.15) is 5.75 Å². The van der Waals surface area contributed by atoms with Gasteiger partial charge < -0.3 is 0 Å². The van der Waals surface area contributed by atoms with E-state index in [1.165, 1.54) is 0 Å². The van der Waals surface area contributed by atoms with Crippen LogP contribution in [0.3, 0.4) is 0 Å². The van der Waals surface area contributed by atoms with Crippen molar-refractivity contribution < 1.29 is 4.21 Å². The van der Waals surface area contributed by atoms with E-state index in [9.17, 15) is 4.21 Å². The minimum absolute atomic E-state index is 0.0734. The molecule has 2 nitrogen and oxygen atoms in total. The van der Waals surface area contributed by atoms with Crippen molar-refractivity contribution in [3.05, 3.63) is 30.3 Å². The molecule has 0 amide bonds. The first-order chi connectivity index (χ1) is 5.34. The Kier molecular flexibility index (Phi) is 2.82. The minimum atomic E-state index is -1.14. The summed E-state index contributed by atoms with van der Waals surface area (Å²) in [7, 11) is -1.14. The molecule has 3 heteroatoms. The lowest BCUT2D eigenvalue weighted by Gasteiger charge is -1.93. The van der Waals surface area contributed by atoms with Gasteiger partial charge in [-0.05, 0) is 12.1 Å². The van der Waals surface area contributed by atoms with Crippen LogP contribution in [-0.2, 0) is 10.8 Å². The summed E-state index contributed by atoms with van der Waals surface area (Å²) in [6.45, 7) is 0. The molecule has 0 bridgehead atoms. The average molecular weight is 165 g/mol. The van der Waals surface area contributed by atoms with Gasteiger partial charge in [0.2, 0.25) is 0 Å². The fourth-order valence-electron chi connectivity index (χ4n) is 0.714. The molecule has 0 fully saturated rings. The van der Waals surface area contributed by atoms with Crippen molar-refractivity contribution in [2.75, 3.05) is 5.75 Å². The number of hydrogen-bond donors (Lipinski definition) is 0. The SMILES string of the molecule is N#CC[S@](=O)c1ccccc1. The zero-order chi connectivity index (χ0) is 8.10. The molecule has 0 saturated carbocycles. The summed E-state index contributed by atoms with van der Waals surface area (Å²) < 4.78 is 11.1. The summed E-state index contributed by atoms with van der Waals surface area (Å²) in [6.07, 6.45) is 0. The van der Waals surface area contributed by atoms with E-state index < -0.39 is 10.8 Å². The summed E-state index contributed by atoms with van der Waals surface area (Å²) in [5, 5.41) is 8.25. The van der Waals surface area contributed by atoms with E-state index in [0.717, 1.165) is 0 Å². The lowest BCUT2D eigenvalue weighted by Crippen LogP contribution is -1.93. The van der Waals surface area contributed by atoms with Crippen LogP contribution in [0.25, 0.3) is 0 Å². The number of benzene rings is 1. The highest BCUT2D eigenvalue weighted by atomic mass is 32.2. The third-order valence-electron chi connectivity index (χ3n) is 1.20. The Hall–Kier alpha value is -1.14. The fourth-order valence-corrected chi connectivity index (χ4v) is 1.46. The molecule has 0 aliphatic rings. The first-order valence-corrected chi connectivity index (χ1v) is 4.47. The van der Waals surface area contributed by atoms with Crippen LogP contribution in [0.15, 0.2) is 35.2 Å². The molecule has 1 aromatic rings. The number of rotatable bonds is 2. The van der Waals surface area contributed by atoms with Crippen LogP contribution in [0, 0.1) is 11.3 Å². The molecule has 1 rings (SSSR count). The van der Waals surface area contributed by atoms with Gasteiger partial charge in [0.15, 0.2) is 0 Å². The van der Waals surface area contributed by atoms with Gasteiger partial charge >= 0.3 is 0 Å². The van der Waals surface area contributed by atoms with E-state index in [1.807, 2.05) is 24.3 Å². The predicted molar refractivity (Wildman–Crippen MR) is 43.3 cm³/mol. The molecule has 0 aliphatic carbocycles. The maximum atomic E-state index is 11.1. The highest BCUT2D eigenvalue weighted by Gasteiger charge is 1.99. The van der Waals surface area contributed by atoms with Crippen LogP contribution in [0.5, 0.6) is 0 Å². The first-order valence-electron chi connectivity index (χ1n) is 3.15. The molecule has 0 spiro atoms. The van der Waals surface area contributed by atoms with Gasteiger partial charge in [-0.15, -0.1) is 0 Å². The Morgan fingerprint density at radius 3 is 2.55 bits per heavy atom. The molecule has 0 saturated heterocycles. The number of nitrogens with zero attached hydrogens (tertiary/aromatic N) is 1. The molecule has 56 valence electrons. The van der Waals surface area contributed by atoms with Crippen molar-refractivity contribution in [3.63, 3.8) is 0 Å². The lowest BCUT2D eigenvalue weighted by molar-refractivity contribution is 0.685. The topological polar surface area (TPSA) is 40.9 Å². The van der Waals surface area contributed by atoms with Crippen molar-refractivity contribution in [1.29, 1.82) is 5.26 Å². The van der Waals surface area contributed by atoms with Crippen LogP contribution in [0.4, 0.5) is 0 Å². The second-order valence-corrected chi connectivity index (χ2v) is 3.41. The van der Waals surface area contributed by atoms with Crippen LogP contribution in [-0.4, -0.2) is 9.96 Å². The zero-order valence-corrected chi connectivity index (χ0v) is 6.67. The van der Waals surface area contributed by atoms with Gasteiger partial charge in [0.05, 0.1) is 16.9 Å². The molecule has 0 radical (unpaired) electrons. The summed E-state index contributed by atoms with van der Waals surface area (Å²) in [5.41, 5.74) is 0. The smallest absolute Gasteiger partial charge is 0.115 e. The highest BCUT2D eigenvalue weighted by Crippen LogP contribution is 2.04. The normalized spacial score (nSPS) is 11.9. The van der Waals surface area contributed by atoms with Crippen molar-refractivity contribution in [2.24, 2.45) is 0 Å². The standard InChI is InChI=1S/C8H7NOS/c9-6-7-11(10)8-4-2-1-3-5-8/h1-5H,7H2/t11-/m0/s1. The maximum absolute atomic E-state index is 11.1. The van der Waals surface area contributed by atoms with Crippen LogP contribution in [0.1, 0.15) is 0 Å². The molecule has 0 aromatic heterocycles. The number of hydrogen-bond acceptors (Lipinski definition) is 2. The van der Waals surface area contributed by atoms with Crippen LogP contribution >= 0.6 is 0 Å². The van der Waals surface area contributed by atoms with E-state index in [4.69, 9.17) is 5.26 Å². The molecule has 0 aliphatic heterocycles. The van der Waals surface area contributed by atoms with Gasteiger partial charge in [0.25, 0.3) is 0 Å². The Labute approximate surface area is 67.9 Å². The largest absolute Gasteiger partial charge is 0.253 e. The van der Waals surface area contributed by atoms with E-state index >= 15 is 0 Å². The summed E-state index contributed by atoms with van der Waals surface area (Å²) in [5.74, 6) is 0.0734. The summed E-state index contributed by atoms with van der Waals surface area (Å²) >= 11 is 0. The molecule has 11 heavy (non-hydrogen) atoms. The van der Waals surface area contributed by atoms with Crippen molar-refractivity contribution in [1.82, 2.24) is 0 Å². The predicted octanol–water partition coefficient (Wildman–Crippen LogP) is 1.32. The number of nitriles is 1. The minimum Gasteiger partial charge on any atom is -0.253 e. The van der Waals surface area contributed by atoms with Crippen LogP contribution < -0.4 is 0 Å². The second-order valence-electron chi connectivity index (χ2n) is 1.96. The van der Waals surface area contributed by atoms with E-state index in [0.29, 0.717) is 4.90 Å². The highest BCUT2D eigenvalue weighted by molar-refractivity contribution is 7.85. The van der Waals surface area contributed by atoms with Gasteiger partial charge in [-0.3, -0.25) is 4.21 Å². The van der Waals surface area contributed by atoms with Crippen molar-refractivity contribution in [2.45, 2.75) is 4.90 Å². The summed E-state index contributed by atoms with van der Waals surface area (Å²) in [4.78, 5) is 0.717. The third kappa shape index (κ3) is 2.17. The Bertz CT molecular complexity index is 289. The van der Waals surface area contributed by atoms with Gasteiger partial charge in [0, 0.05) is 4.90 Å². The van der Waals surface area contributed by atoms with Gasteiger partial charge in [-0.1, -0.05) is 18.2 Å². The fraction of sp³-hybridized carbons (Fsp3) is 0.125. The van der Waals surface area contributed by atoms with E-state index in [2.05, 4.69) is 0 Å². The first kappa shape index (κ1) is 7.96. The second kappa shape index (κ2) is 3.89. The average Bonchev–Trinajstić information content (AvgIpc) is 2.07. The molecule has 1 aromatic carbocycles. The molecule has 1 atom stereocenters. The van der Waals surface area contributed by atoms with Crippen molar-refractivity contribution in [3.8, 4) is 6.07 Å². The van der Waals surface area contributed by atoms with Crippen molar-refractivity contribution >= 4 is 10.8 Å². The molecular weight excluding hydrogens is 158 g/mol. The van der Waals surface area contributed by atoms with E-state index in [1.54, 1.807) is 12.1 Å². The third-order valence-corrected chi connectivity index (χ3v) is 2.39. The molecule has 0 unspecified atom stereocenters. The van der Waals surface area contributed by atoms with Gasteiger partial charge in [-0.2, -0.15) is 5.26 Å². The van der Waals surface area contributed by atoms with E-state index in [-0.39, 0.29) is 5.75 Å². The van der Waals surface area contributed by atoms with Gasteiger partial charge in [-0.25, -0.2) is 0 Å². The monoisotopic (exact) mass is 165 g/mol. The molecule has 0 heterocycles. The lowest BCUT2D eigenvalue weighted by atomic mass is 10.4. The maximum Gasteiger partial charge on any atom is 0.115 e. The molecular formula is C8H7NOS. The Morgan fingerprint density at radius 2 is 2.00 bits per heavy atom. The van der Waals surface area contributed by atoms with Crippen LogP contribution in [0.2, 0.25) is 0 Å². The molecule has 0 N–H and O–H groups in total. The zero-order valence-electron chi connectivity index (χ0n) is 5.86. The summed E-state index contributed by atoms with van der Waals surface area (Å²) in [6, 6.07) is 10.9. The Balaban J connectivity index is 2.79. The quantitative estimate of drug-likeness (QED) is 0.663. The Morgan fingerprint density at radius 1 is 1.36 bits per heavy atom.